The maximum absolute atomic E-state index is 11.2. The normalized spacial score (nSPS) is 16.4. The second-order valence-electron chi connectivity index (χ2n) is 37.5. The molecule has 4 atom stereocenters. The van der Waals surface area contributed by atoms with Gasteiger partial charge in [0.2, 0.25) is 0 Å². The van der Waals surface area contributed by atoms with Gasteiger partial charge in [0.15, 0.2) is 0 Å². The van der Waals surface area contributed by atoms with E-state index in [1.54, 1.807) is 60.9 Å². The number of fused-ring (bicyclic) bond motifs is 15. The van der Waals surface area contributed by atoms with Crippen LogP contribution in [0.4, 0.5) is 0 Å². The van der Waals surface area contributed by atoms with Crippen LogP contribution in [0, 0.1) is 34.6 Å². The molecule has 20 nitrogen and oxygen atoms in total. The van der Waals surface area contributed by atoms with E-state index in [1.165, 1.54) is 183 Å². The Labute approximate surface area is 750 Å². The van der Waals surface area contributed by atoms with Gasteiger partial charge < -0.3 is 68.6 Å². The lowest BCUT2D eigenvalue weighted by molar-refractivity contribution is 0.0570. The highest BCUT2D eigenvalue weighted by atomic mass is 32.1. The number of nitrogens with zero attached hydrogens (tertiary/aromatic N) is 14. The lowest BCUT2D eigenvalue weighted by Crippen LogP contribution is -2.27. The molecule has 16 aromatic rings. The predicted molar refractivity (Wildman–Crippen MR) is 516 cm³/mol. The van der Waals surface area contributed by atoms with Gasteiger partial charge in [0.25, 0.3) is 0 Å². The van der Waals surface area contributed by atoms with Crippen LogP contribution >= 0.6 is 11.3 Å². The van der Waals surface area contributed by atoms with Crippen LogP contribution in [0.2, 0.25) is 0 Å². The molecule has 16 heterocycles. The summed E-state index contributed by atoms with van der Waals surface area (Å²) >= 11 is 1.76. The summed E-state index contributed by atoms with van der Waals surface area (Å²) in [5, 5.41) is 59.2. The van der Waals surface area contributed by atoms with Crippen molar-refractivity contribution < 1.29 is 20.4 Å². The van der Waals surface area contributed by atoms with Gasteiger partial charge in [-0.15, -0.1) is 0 Å². The van der Waals surface area contributed by atoms with Gasteiger partial charge in [0, 0.05) is 307 Å². The van der Waals surface area contributed by atoms with E-state index >= 15 is 0 Å². The summed E-state index contributed by atoms with van der Waals surface area (Å²) < 4.78 is 9.11. The van der Waals surface area contributed by atoms with Gasteiger partial charge in [-0.3, -0.25) is 24.6 Å². The zero-order valence-electron chi connectivity index (χ0n) is 76.9. The summed E-state index contributed by atoms with van der Waals surface area (Å²) in [6.07, 6.45) is 22.5. The standard InChI is InChI=1S/C22H24N4S.C22H27N3O.2C21H25N3O.C20H23N3O/c1-14-9-15-17-11-24(2)8-6-20(17)25(3)22(15)16(10-14)18-12-27-13-19(18)21-5-7-23-26(21)4;1-15-10-16(12-22(2,26)17-6-5-8-23-13-17)21-18(11-15)19-14-24(3)9-7-20(19)25(21)4;1-14-10-16(12-20(25)15-4-7-22-8-5-15)21-17(11-14)18-13-23(2)9-6-19(18)24(21)3;1-14-9-15(11-21(2,25)16-5-4-7-22-12-16)20-17(10-14)18-13-24(3)8-6-19(18)23-20;1-13-9-15(11-19(24)14-3-6-21-7-4-14)20-16(10-13)17-12-23(2)8-5-18(17)22-20/h5,7,9-10,12-13H,6,8,11H2,1-4H3;5-6,8,10-11,13,26H,7,9,12,14H2,1-4H3;4-5,7-8,10-11,20,25H,6,9,12-13H2,1-3H3;4-5,7,9-10,12,23,25H,6,8,11,13H2,1-3H3;3-4,6-7,9-10,19,22,24H,5,8,11-12H2,1-2H3. The highest BCUT2D eigenvalue weighted by molar-refractivity contribution is 7.08. The fourth-order valence-corrected chi connectivity index (χ4v) is 21.7. The lowest BCUT2D eigenvalue weighted by Gasteiger charge is -2.24. The minimum atomic E-state index is -0.948. The molecule has 0 spiro atoms. The molecule has 21 rings (SSSR count). The minimum absolute atomic E-state index is 0.511. The molecule has 658 valence electrons. The van der Waals surface area contributed by atoms with Crippen molar-refractivity contribution in [2.24, 2.45) is 28.2 Å². The molecule has 5 aliphatic rings. The third-order valence-electron chi connectivity index (χ3n) is 27.3. The Morgan fingerprint density at radius 1 is 0.386 bits per heavy atom. The van der Waals surface area contributed by atoms with Crippen molar-refractivity contribution in [3.8, 4) is 22.4 Å². The van der Waals surface area contributed by atoms with Crippen LogP contribution in [0.25, 0.3) is 76.9 Å². The first-order valence-corrected chi connectivity index (χ1v) is 45.9. The van der Waals surface area contributed by atoms with Crippen LogP contribution in [0.3, 0.4) is 0 Å². The number of thiophene rings is 1. The quantitative estimate of drug-likeness (QED) is 0.0598. The zero-order chi connectivity index (χ0) is 89.0. The summed E-state index contributed by atoms with van der Waals surface area (Å²) in [6.45, 7) is 25.0. The molecule has 0 aliphatic carbocycles. The van der Waals surface area contributed by atoms with Crippen molar-refractivity contribution in [3.05, 3.63) is 310 Å². The maximum Gasteiger partial charge on any atom is 0.0924 e. The highest BCUT2D eigenvalue weighted by Crippen LogP contribution is 2.45. The van der Waals surface area contributed by atoms with Crippen LogP contribution in [0.15, 0.2) is 182 Å². The van der Waals surface area contributed by atoms with E-state index in [9.17, 15) is 20.4 Å². The van der Waals surface area contributed by atoms with E-state index in [2.05, 4.69) is 242 Å². The number of likely N-dealkylation sites (N-methyl/N-ethyl adjacent to an activating group) is 5. The van der Waals surface area contributed by atoms with Crippen LogP contribution in [0.1, 0.15) is 155 Å². The average molecular weight is 1720 g/mol. The van der Waals surface area contributed by atoms with E-state index in [0.29, 0.717) is 25.7 Å². The molecule has 127 heavy (non-hydrogen) atoms. The Hall–Kier alpha value is -11.1. The minimum Gasteiger partial charge on any atom is -0.388 e. The Bertz CT molecular complexity index is 6670. The van der Waals surface area contributed by atoms with E-state index in [0.717, 1.165) is 120 Å². The van der Waals surface area contributed by atoms with E-state index in [4.69, 9.17) is 0 Å². The zero-order valence-corrected chi connectivity index (χ0v) is 77.7. The fraction of sp³-hybridized carbons (Fsp3) is 0.368. The number of aryl methyl sites for hydroxylation is 9. The summed E-state index contributed by atoms with van der Waals surface area (Å²) in [5.74, 6) is 0. The van der Waals surface area contributed by atoms with Crippen molar-refractivity contribution in [1.29, 1.82) is 0 Å². The molecule has 21 heteroatoms. The number of aliphatic hydroxyl groups excluding tert-OH is 2. The lowest BCUT2D eigenvalue weighted by atomic mass is 9.88. The van der Waals surface area contributed by atoms with Crippen LogP contribution in [0.5, 0.6) is 0 Å². The van der Waals surface area contributed by atoms with Gasteiger partial charge in [0.1, 0.15) is 0 Å². The van der Waals surface area contributed by atoms with E-state index in [1.807, 2.05) is 80.3 Å². The first-order valence-electron chi connectivity index (χ1n) is 45.0. The number of nitrogens with one attached hydrogen (secondary N) is 2. The molecular weight excluding hydrogens is 1590 g/mol. The van der Waals surface area contributed by atoms with Crippen molar-refractivity contribution in [3.63, 3.8) is 0 Å². The molecule has 0 radical (unpaired) electrons. The molecule has 0 amide bonds. The molecule has 0 saturated heterocycles. The summed E-state index contributed by atoms with van der Waals surface area (Å²) in [5.41, 5.74) is 38.4. The number of aromatic amines is 2. The molecule has 5 aliphatic heterocycles. The maximum atomic E-state index is 11.2. The number of H-pyrrole nitrogens is 2. The first kappa shape index (κ1) is 88.0. The molecule has 5 aromatic carbocycles. The third-order valence-corrected chi connectivity index (χ3v) is 28.1. The van der Waals surface area contributed by atoms with Gasteiger partial charge in [-0.1, -0.05) is 58.7 Å². The van der Waals surface area contributed by atoms with E-state index in [-0.39, 0.29) is 0 Å². The van der Waals surface area contributed by atoms with Crippen molar-refractivity contribution >= 4 is 65.9 Å². The average Bonchev–Trinajstić information content (AvgIpc) is 1.50. The second-order valence-corrected chi connectivity index (χ2v) is 38.3. The molecule has 6 N–H and O–H groups in total. The first-order chi connectivity index (χ1) is 61.0. The Balaban J connectivity index is 0.000000112. The number of rotatable bonds is 14. The van der Waals surface area contributed by atoms with Gasteiger partial charge in [-0.25, -0.2) is 0 Å². The number of hydrogen-bond acceptors (Lipinski definition) is 15. The molecular formula is C106H124N16O4S. The number of hydrogen-bond donors (Lipinski definition) is 6. The number of aromatic nitrogens is 11. The Morgan fingerprint density at radius 3 is 1.22 bits per heavy atom. The largest absolute Gasteiger partial charge is 0.388 e. The van der Waals surface area contributed by atoms with Gasteiger partial charge in [-0.05, 0) is 235 Å². The molecule has 0 bridgehead atoms. The van der Waals surface area contributed by atoms with Gasteiger partial charge >= 0.3 is 0 Å². The highest BCUT2D eigenvalue weighted by Gasteiger charge is 2.33. The SMILES string of the molecule is Cc1cc(-c2cscc2-c2ccnn2C)c2c(c1)c1c(n2C)CCN(C)C1.Cc1cc(CC(C)(O)c2cccnc2)c2[nH]c3c(c2c1)CN(C)CC3.Cc1cc(CC(C)(O)c2cccnc2)c2c(c1)c1c(n2C)CCN(C)C1.Cc1cc(CC(O)c2ccncc2)c2[nH]c3c(c2c1)CN(C)CC3.Cc1cc(CC(O)c2ccncc2)c2c(c1)c1c(n2C)CCN(C)C1. The second kappa shape index (κ2) is 36.6. The third kappa shape index (κ3) is 18.2. The summed E-state index contributed by atoms with van der Waals surface area (Å²) in [4.78, 5) is 35.6. The van der Waals surface area contributed by atoms with Crippen molar-refractivity contribution in [1.82, 2.24) is 77.9 Å². The molecule has 4 unspecified atom stereocenters. The van der Waals surface area contributed by atoms with Crippen LogP contribution < -0.4 is 0 Å². The molecule has 0 saturated carbocycles. The smallest absolute Gasteiger partial charge is 0.0924 e. The fourth-order valence-electron chi connectivity index (χ4n) is 20.9. The Kier molecular flexibility index (Phi) is 25.4. The number of aliphatic hydroxyl groups is 4. The van der Waals surface area contributed by atoms with Crippen LogP contribution in [-0.4, -0.2) is 166 Å². The van der Waals surface area contributed by atoms with Gasteiger partial charge in [-0.2, -0.15) is 16.4 Å². The van der Waals surface area contributed by atoms with Crippen molar-refractivity contribution in [2.45, 2.75) is 162 Å². The Morgan fingerprint density at radius 2 is 0.764 bits per heavy atom. The predicted octanol–water partition coefficient (Wildman–Crippen LogP) is 17.5. The summed E-state index contributed by atoms with van der Waals surface area (Å²) in [7, 11) is 19.5. The summed E-state index contributed by atoms with van der Waals surface area (Å²) in [6, 6.07) is 40.0. The number of pyridine rings is 4. The van der Waals surface area contributed by atoms with E-state index < -0.39 is 23.4 Å². The topological polar surface area (TPSA) is 213 Å². The van der Waals surface area contributed by atoms with Crippen molar-refractivity contribution in [2.75, 3.05) is 68.0 Å². The molecule has 0 fully saturated rings. The van der Waals surface area contributed by atoms with Gasteiger partial charge in [0.05, 0.1) is 45.7 Å². The molecule has 11 aromatic heterocycles. The monoisotopic (exact) mass is 1720 g/mol. The number of benzene rings is 5. The van der Waals surface area contributed by atoms with Crippen LogP contribution in [-0.2, 0) is 130 Å².